The van der Waals surface area contributed by atoms with Gasteiger partial charge in [0.15, 0.2) is 0 Å². The second-order valence-electron chi connectivity index (χ2n) is 9.87. The van der Waals surface area contributed by atoms with Crippen molar-refractivity contribution in [3.63, 3.8) is 0 Å². The molecule has 166 valence electrons. The van der Waals surface area contributed by atoms with E-state index in [1.807, 2.05) is 0 Å². The highest BCUT2D eigenvalue weighted by molar-refractivity contribution is 5.63. The van der Waals surface area contributed by atoms with Gasteiger partial charge in [-0.25, -0.2) is 0 Å². The largest absolute Gasteiger partial charge is 0.368 e. The number of hydrogen-bond acceptors (Lipinski definition) is 3. The molecule has 3 heterocycles. The molecular formula is C29H35N3. The highest BCUT2D eigenvalue weighted by atomic mass is 15.3. The molecule has 2 aromatic rings. The molecule has 1 N–H and O–H groups in total. The molecule has 3 aliphatic rings. The molecular weight excluding hydrogens is 390 g/mol. The van der Waals surface area contributed by atoms with Gasteiger partial charge in [-0.2, -0.15) is 0 Å². The standard InChI is InChI=1S/C29H35N3/c1-19(2)31-22(5)30-26-18-29-25(23-11-7-6-8-12-23)16-15-24-13-9-10-14-27(24)32(29)20(3)17-28(31)21(26)4/h6-14,17,19,21,25-26,29-30H,3,5,15-16,18H2,1-2,4H3/b28-17+. The molecule has 4 atom stereocenters. The number of nitrogens with one attached hydrogen (secondary N) is 1. The molecule has 5 rings (SSSR count). The average molecular weight is 426 g/mol. The molecule has 1 fully saturated rings. The van der Waals surface area contributed by atoms with Crippen LogP contribution in [0.2, 0.25) is 0 Å². The summed E-state index contributed by atoms with van der Waals surface area (Å²) in [5, 5.41) is 3.80. The summed E-state index contributed by atoms with van der Waals surface area (Å²) in [5.41, 5.74) is 6.59. The maximum atomic E-state index is 4.64. The first-order chi connectivity index (χ1) is 15.5. The Morgan fingerprint density at radius 3 is 2.47 bits per heavy atom. The zero-order chi connectivity index (χ0) is 22.4. The van der Waals surface area contributed by atoms with E-state index in [-0.39, 0.29) is 0 Å². The van der Waals surface area contributed by atoms with Crippen LogP contribution in [0, 0.1) is 5.92 Å². The monoisotopic (exact) mass is 425 g/mol. The number of anilines is 1. The zero-order valence-corrected chi connectivity index (χ0v) is 19.6. The second-order valence-corrected chi connectivity index (χ2v) is 9.87. The molecule has 3 aliphatic heterocycles. The van der Waals surface area contributed by atoms with Gasteiger partial charge >= 0.3 is 0 Å². The van der Waals surface area contributed by atoms with E-state index in [0.717, 1.165) is 30.8 Å². The smallest absolute Gasteiger partial charge is 0.0986 e. The van der Waals surface area contributed by atoms with E-state index >= 15 is 0 Å². The molecule has 0 aromatic heterocycles. The Balaban J connectivity index is 1.68. The summed E-state index contributed by atoms with van der Waals surface area (Å²) in [6, 6.07) is 21.0. The van der Waals surface area contributed by atoms with Crippen LogP contribution in [-0.2, 0) is 6.42 Å². The van der Waals surface area contributed by atoms with Crippen molar-refractivity contribution in [2.24, 2.45) is 5.92 Å². The van der Waals surface area contributed by atoms with Crippen LogP contribution < -0.4 is 10.2 Å². The fourth-order valence-corrected chi connectivity index (χ4v) is 6.11. The van der Waals surface area contributed by atoms with Gasteiger partial charge in [0.1, 0.15) is 0 Å². The van der Waals surface area contributed by atoms with Gasteiger partial charge in [-0.15, -0.1) is 0 Å². The maximum Gasteiger partial charge on any atom is 0.0986 e. The molecule has 32 heavy (non-hydrogen) atoms. The van der Waals surface area contributed by atoms with E-state index in [1.165, 1.54) is 22.5 Å². The molecule has 3 nitrogen and oxygen atoms in total. The highest BCUT2D eigenvalue weighted by Crippen LogP contribution is 2.45. The van der Waals surface area contributed by atoms with Crippen LogP contribution in [0.1, 0.15) is 50.7 Å². The van der Waals surface area contributed by atoms with Crippen LogP contribution in [0.25, 0.3) is 0 Å². The van der Waals surface area contributed by atoms with E-state index in [2.05, 4.69) is 110 Å². The highest BCUT2D eigenvalue weighted by Gasteiger charge is 2.42. The predicted molar refractivity (Wildman–Crippen MR) is 134 cm³/mol. The minimum absolute atomic E-state index is 0.338. The van der Waals surface area contributed by atoms with Crippen molar-refractivity contribution in [2.75, 3.05) is 4.90 Å². The molecule has 0 spiro atoms. The number of hydrogen-bond donors (Lipinski definition) is 1. The number of fused-ring (bicyclic) bond motifs is 5. The Bertz CT molecular complexity index is 1050. The van der Waals surface area contributed by atoms with Crippen LogP contribution in [0.3, 0.4) is 0 Å². The predicted octanol–water partition coefficient (Wildman–Crippen LogP) is 6.18. The first-order valence-corrected chi connectivity index (χ1v) is 12.0. The third-order valence-corrected chi connectivity index (χ3v) is 7.63. The fraction of sp³-hybridized carbons (Fsp3) is 0.379. The number of benzene rings is 2. The van der Waals surface area contributed by atoms with Crippen LogP contribution >= 0.6 is 0 Å². The molecule has 2 aromatic carbocycles. The summed E-state index contributed by atoms with van der Waals surface area (Å²) < 4.78 is 0. The lowest BCUT2D eigenvalue weighted by molar-refractivity contribution is 0.200. The minimum Gasteiger partial charge on any atom is -0.368 e. The van der Waals surface area contributed by atoms with Crippen LogP contribution in [0.5, 0.6) is 0 Å². The third kappa shape index (κ3) is 3.44. The van der Waals surface area contributed by atoms with Gasteiger partial charge in [0, 0.05) is 47.0 Å². The Hall–Kier alpha value is -2.94. The number of aryl methyl sites for hydroxylation is 1. The van der Waals surface area contributed by atoms with Gasteiger partial charge in [0.05, 0.1) is 5.82 Å². The molecule has 0 saturated carbocycles. The lowest BCUT2D eigenvalue weighted by Gasteiger charge is -2.50. The average Bonchev–Trinajstić information content (AvgIpc) is 2.93. The van der Waals surface area contributed by atoms with Crippen molar-refractivity contribution in [3.05, 3.63) is 102 Å². The van der Waals surface area contributed by atoms with Gasteiger partial charge in [-0.3, -0.25) is 0 Å². The van der Waals surface area contributed by atoms with Gasteiger partial charge in [0.25, 0.3) is 0 Å². The van der Waals surface area contributed by atoms with E-state index < -0.39 is 0 Å². The Kier molecular flexibility index (Phi) is 5.36. The molecule has 4 unspecified atom stereocenters. The molecule has 3 heteroatoms. The van der Waals surface area contributed by atoms with E-state index in [9.17, 15) is 0 Å². The molecule has 0 aliphatic carbocycles. The SMILES string of the molecule is C=C1NC2CC3C(c4ccccc4)CCc4ccccc4N3C(=C)/C=C(\C2C)N1C(C)C. The topological polar surface area (TPSA) is 18.5 Å². The third-order valence-electron chi connectivity index (χ3n) is 7.63. The zero-order valence-electron chi connectivity index (χ0n) is 19.6. The quantitative estimate of drug-likeness (QED) is 0.619. The summed E-state index contributed by atoms with van der Waals surface area (Å²) in [7, 11) is 0. The molecule has 0 radical (unpaired) electrons. The minimum atomic E-state index is 0.338. The number of nitrogens with zero attached hydrogens (tertiary/aromatic N) is 2. The van der Waals surface area contributed by atoms with Gasteiger partial charge < -0.3 is 15.1 Å². The van der Waals surface area contributed by atoms with Crippen LogP contribution in [-0.4, -0.2) is 23.0 Å². The first-order valence-electron chi connectivity index (χ1n) is 12.0. The van der Waals surface area contributed by atoms with Crippen molar-refractivity contribution in [1.29, 1.82) is 0 Å². The van der Waals surface area contributed by atoms with Crippen LogP contribution in [0.4, 0.5) is 5.69 Å². The van der Waals surface area contributed by atoms with E-state index in [4.69, 9.17) is 0 Å². The summed E-state index contributed by atoms with van der Waals surface area (Å²) in [6.07, 6.45) is 5.62. The van der Waals surface area contributed by atoms with Gasteiger partial charge in [-0.05, 0) is 56.4 Å². The van der Waals surface area contributed by atoms with E-state index in [1.54, 1.807) is 0 Å². The van der Waals surface area contributed by atoms with Crippen molar-refractivity contribution in [1.82, 2.24) is 10.2 Å². The lowest BCUT2D eigenvalue weighted by Crippen LogP contribution is -2.55. The van der Waals surface area contributed by atoms with Gasteiger partial charge in [-0.1, -0.05) is 68.6 Å². The maximum absolute atomic E-state index is 4.64. The fourth-order valence-electron chi connectivity index (χ4n) is 6.11. The van der Waals surface area contributed by atoms with Crippen molar-refractivity contribution < 1.29 is 0 Å². The molecule has 2 bridgehead atoms. The van der Waals surface area contributed by atoms with Crippen LogP contribution in [0.15, 0.2) is 91.0 Å². The number of para-hydroxylation sites is 1. The Morgan fingerprint density at radius 2 is 1.72 bits per heavy atom. The Labute approximate surface area is 193 Å². The summed E-state index contributed by atoms with van der Waals surface area (Å²) >= 11 is 0. The molecule has 0 amide bonds. The number of allylic oxidation sites excluding steroid dienone is 1. The lowest BCUT2D eigenvalue weighted by atomic mass is 9.79. The summed E-state index contributed by atoms with van der Waals surface area (Å²) in [4.78, 5) is 4.90. The van der Waals surface area contributed by atoms with Crippen molar-refractivity contribution in [2.45, 2.75) is 64.1 Å². The first kappa shape index (κ1) is 20.9. The number of rotatable bonds is 2. The Morgan fingerprint density at radius 1 is 1.00 bits per heavy atom. The molecule has 1 saturated heterocycles. The summed E-state index contributed by atoms with van der Waals surface area (Å²) in [6.45, 7) is 15.9. The van der Waals surface area contributed by atoms with Crippen molar-refractivity contribution in [3.8, 4) is 0 Å². The van der Waals surface area contributed by atoms with Crippen molar-refractivity contribution >= 4 is 5.69 Å². The normalized spacial score (nSPS) is 29.2. The van der Waals surface area contributed by atoms with E-state index in [0.29, 0.717) is 30.0 Å². The summed E-state index contributed by atoms with van der Waals surface area (Å²) in [5.74, 6) is 1.86. The second kappa shape index (κ2) is 8.20. The van der Waals surface area contributed by atoms with Gasteiger partial charge in [0.2, 0.25) is 0 Å².